The molecule has 2 aromatic carbocycles. The van der Waals surface area contributed by atoms with Gasteiger partial charge in [0.05, 0.1) is 11.4 Å². The lowest BCUT2D eigenvalue weighted by atomic mass is 9.99. The minimum absolute atomic E-state index is 0.703. The van der Waals surface area contributed by atoms with Crippen LogP contribution in [-0.4, -0.2) is 27.0 Å². The van der Waals surface area contributed by atoms with Crippen molar-refractivity contribution in [3.8, 4) is 5.69 Å². The third-order valence-corrected chi connectivity index (χ3v) is 4.24. The monoisotopic (exact) mass is 352 g/mol. The second-order valence-corrected chi connectivity index (χ2v) is 6.04. The normalized spacial score (nSPS) is 16.0. The Balaban J connectivity index is 1.98. The Bertz CT molecular complexity index is 852. The smallest absolute Gasteiger partial charge is 0.139 e. The van der Waals surface area contributed by atoms with Crippen LogP contribution in [0.2, 0.25) is 0 Å². The summed E-state index contributed by atoms with van der Waals surface area (Å²) >= 11 is 3.57. The first kappa shape index (κ1) is 13.4. The minimum atomic E-state index is 0.703. The van der Waals surface area contributed by atoms with Gasteiger partial charge in [-0.15, -0.1) is 10.2 Å². The third-order valence-electron chi connectivity index (χ3n) is 3.74. The maximum atomic E-state index is 4.83. The molecule has 4 nitrogen and oxygen atoms in total. The Morgan fingerprint density at radius 1 is 1.05 bits per heavy atom. The first-order chi connectivity index (χ1) is 10.8. The second kappa shape index (κ2) is 5.50. The van der Waals surface area contributed by atoms with Crippen LogP contribution in [0.15, 0.2) is 64.3 Å². The average molecular weight is 353 g/mol. The predicted molar refractivity (Wildman–Crippen MR) is 89.7 cm³/mol. The molecule has 4 rings (SSSR count). The van der Waals surface area contributed by atoms with Crippen molar-refractivity contribution in [2.45, 2.75) is 6.42 Å². The molecule has 2 heterocycles. The van der Waals surface area contributed by atoms with Crippen LogP contribution in [0.5, 0.6) is 0 Å². The van der Waals surface area contributed by atoms with Crippen LogP contribution in [0, 0.1) is 0 Å². The van der Waals surface area contributed by atoms with Gasteiger partial charge in [-0.1, -0.05) is 46.3 Å². The molecular weight excluding hydrogens is 340 g/mol. The fourth-order valence-electron chi connectivity index (χ4n) is 2.73. The number of rotatable bonds is 1. The summed E-state index contributed by atoms with van der Waals surface area (Å²) in [5, 5.41) is 8.27. The minimum Gasteiger partial charge on any atom is -0.285 e. The summed E-state index contributed by atoms with van der Waals surface area (Å²) in [4.78, 5) is 4.83. The fourth-order valence-corrected chi connectivity index (χ4v) is 3.10. The largest absolute Gasteiger partial charge is 0.285 e. The van der Waals surface area contributed by atoms with E-state index in [0.717, 1.165) is 39.2 Å². The van der Waals surface area contributed by atoms with Gasteiger partial charge in [0.1, 0.15) is 12.2 Å². The first-order valence-electron chi connectivity index (χ1n) is 7.12. The lowest BCUT2D eigenvalue weighted by molar-refractivity contribution is 0.823. The van der Waals surface area contributed by atoms with Crippen LogP contribution in [-0.2, 0) is 6.42 Å². The lowest BCUT2D eigenvalue weighted by Gasteiger charge is -2.17. The molecule has 0 unspecified atom stereocenters. The summed E-state index contributed by atoms with van der Waals surface area (Å²) in [6, 6.07) is 16.5. The molecule has 1 aliphatic rings. The molecule has 0 saturated carbocycles. The van der Waals surface area contributed by atoms with Crippen molar-refractivity contribution < 1.29 is 0 Å². The molecule has 0 atom stereocenters. The van der Waals surface area contributed by atoms with Gasteiger partial charge in [0.2, 0.25) is 0 Å². The quantitative estimate of drug-likeness (QED) is 0.673. The number of hydrogen-bond donors (Lipinski definition) is 0. The van der Waals surface area contributed by atoms with Crippen LogP contribution in [0.25, 0.3) is 5.69 Å². The van der Waals surface area contributed by atoms with Gasteiger partial charge in [0.15, 0.2) is 0 Å². The van der Waals surface area contributed by atoms with Gasteiger partial charge in [0.25, 0.3) is 0 Å². The number of hydrogen-bond acceptors (Lipinski definition) is 3. The summed E-state index contributed by atoms with van der Waals surface area (Å²) < 4.78 is 3.09. The molecule has 3 aromatic rings. The van der Waals surface area contributed by atoms with Gasteiger partial charge in [-0.2, -0.15) is 0 Å². The van der Waals surface area contributed by atoms with Crippen molar-refractivity contribution in [2.75, 3.05) is 6.54 Å². The van der Waals surface area contributed by atoms with Crippen molar-refractivity contribution >= 4 is 21.6 Å². The van der Waals surface area contributed by atoms with Gasteiger partial charge >= 0.3 is 0 Å². The van der Waals surface area contributed by atoms with E-state index >= 15 is 0 Å². The van der Waals surface area contributed by atoms with E-state index in [9.17, 15) is 0 Å². The van der Waals surface area contributed by atoms with Crippen molar-refractivity contribution in [3.05, 3.63) is 76.3 Å². The molecule has 0 N–H and O–H groups in total. The number of fused-ring (bicyclic) bond motifs is 3. The van der Waals surface area contributed by atoms with E-state index in [1.165, 1.54) is 0 Å². The Morgan fingerprint density at radius 3 is 2.77 bits per heavy atom. The maximum Gasteiger partial charge on any atom is 0.139 e. The average Bonchev–Trinajstić information content (AvgIpc) is 2.98. The number of halogens is 1. The van der Waals surface area contributed by atoms with Gasteiger partial charge in [0, 0.05) is 28.6 Å². The Kier molecular flexibility index (Phi) is 3.35. The van der Waals surface area contributed by atoms with Gasteiger partial charge < -0.3 is 0 Å². The number of aromatic nitrogens is 3. The SMILES string of the molecule is Brc1ccc2c(c1)/C(c1ccccc1)=N\CCc1nncn1-2. The number of nitrogens with zero attached hydrogens (tertiary/aromatic N) is 4. The second-order valence-electron chi connectivity index (χ2n) is 5.12. The van der Waals surface area contributed by atoms with E-state index in [0.29, 0.717) is 6.54 Å². The number of aliphatic imine (C=N–C) groups is 1. The summed E-state index contributed by atoms with van der Waals surface area (Å²) in [5.41, 5.74) is 4.28. The van der Waals surface area contributed by atoms with Crippen LogP contribution in [0.4, 0.5) is 0 Å². The first-order valence-corrected chi connectivity index (χ1v) is 7.91. The molecule has 0 spiro atoms. The maximum absolute atomic E-state index is 4.83. The summed E-state index contributed by atoms with van der Waals surface area (Å²) in [6.45, 7) is 0.703. The van der Waals surface area contributed by atoms with Crippen LogP contribution >= 0.6 is 15.9 Å². The Morgan fingerprint density at radius 2 is 1.91 bits per heavy atom. The van der Waals surface area contributed by atoms with Crippen LogP contribution in [0.1, 0.15) is 17.0 Å². The topological polar surface area (TPSA) is 43.1 Å². The standard InChI is InChI=1S/C17H13BrN4/c18-13-6-7-15-14(10-13)17(12-4-2-1-3-5-12)19-9-8-16-21-20-11-22(15)16/h1-7,10-11H,8-9H2/b19-17-. The molecule has 22 heavy (non-hydrogen) atoms. The van der Waals surface area contributed by atoms with E-state index < -0.39 is 0 Å². The summed E-state index contributed by atoms with van der Waals surface area (Å²) in [7, 11) is 0. The highest BCUT2D eigenvalue weighted by Crippen LogP contribution is 2.25. The molecule has 0 fully saturated rings. The Labute approximate surface area is 136 Å². The molecule has 0 bridgehead atoms. The lowest BCUT2D eigenvalue weighted by Crippen LogP contribution is -2.15. The Hall–Kier alpha value is -2.27. The molecule has 0 amide bonds. The van der Waals surface area contributed by atoms with Crippen molar-refractivity contribution in [1.82, 2.24) is 14.8 Å². The van der Waals surface area contributed by atoms with E-state index in [1.54, 1.807) is 6.33 Å². The number of benzene rings is 2. The van der Waals surface area contributed by atoms with Crippen molar-refractivity contribution in [3.63, 3.8) is 0 Å². The molecule has 5 heteroatoms. The van der Waals surface area contributed by atoms with Gasteiger partial charge in [-0.25, -0.2) is 0 Å². The van der Waals surface area contributed by atoms with Crippen molar-refractivity contribution in [1.29, 1.82) is 0 Å². The molecule has 108 valence electrons. The highest BCUT2D eigenvalue weighted by atomic mass is 79.9. The third kappa shape index (κ3) is 2.27. The van der Waals surface area contributed by atoms with E-state index in [2.05, 4.69) is 55.0 Å². The summed E-state index contributed by atoms with van der Waals surface area (Å²) in [5.74, 6) is 0.944. The molecule has 0 radical (unpaired) electrons. The van der Waals surface area contributed by atoms with Crippen LogP contribution in [0.3, 0.4) is 0 Å². The van der Waals surface area contributed by atoms with E-state index in [-0.39, 0.29) is 0 Å². The van der Waals surface area contributed by atoms with Crippen LogP contribution < -0.4 is 0 Å². The van der Waals surface area contributed by atoms with E-state index in [1.807, 2.05) is 24.3 Å². The zero-order valence-electron chi connectivity index (χ0n) is 11.8. The molecule has 1 aliphatic heterocycles. The van der Waals surface area contributed by atoms with E-state index in [4.69, 9.17) is 4.99 Å². The molecular formula is C17H13BrN4. The highest BCUT2D eigenvalue weighted by molar-refractivity contribution is 9.10. The molecule has 0 aliphatic carbocycles. The van der Waals surface area contributed by atoms with Gasteiger partial charge in [-0.05, 0) is 18.2 Å². The predicted octanol–water partition coefficient (Wildman–Crippen LogP) is 3.42. The molecule has 1 aromatic heterocycles. The zero-order valence-corrected chi connectivity index (χ0v) is 13.4. The molecule has 0 saturated heterocycles. The zero-order chi connectivity index (χ0) is 14.9. The summed E-state index contributed by atoms with van der Waals surface area (Å²) in [6.07, 6.45) is 2.56. The van der Waals surface area contributed by atoms with Gasteiger partial charge in [-0.3, -0.25) is 9.56 Å². The highest BCUT2D eigenvalue weighted by Gasteiger charge is 2.18. The van der Waals surface area contributed by atoms with Crippen molar-refractivity contribution in [2.24, 2.45) is 4.99 Å². The fraction of sp³-hybridized carbons (Fsp3) is 0.118.